The molecule has 0 aliphatic carbocycles. The van der Waals surface area contributed by atoms with Crippen molar-refractivity contribution in [1.82, 2.24) is 9.80 Å². The Morgan fingerprint density at radius 2 is 1.82 bits per heavy atom. The van der Waals surface area contributed by atoms with E-state index >= 15 is 0 Å². The minimum Gasteiger partial charge on any atom is -0.496 e. The van der Waals surface area contributed by atoms with Gasteiger partial charge in [-0.05, 0) is 48.7 Å². The van der Waals surface area contributed by atoms with E-state index in [1.807, 2.05) is 53.6 Å². The lowest BCUT2D eigenvalue weighted by Gasteiger charge is -2.34. The number of benzene rings is 2. The van der Waals surface area contributed by atoms with Crippen molar-refractivity contribution < 1.29 is 14.3 Å². The number of halogens is 1. The zero-order chi connectivity index (χ0) is 19.9. The highest BCUT2D eigenvalue weighted by molar-refractivity contribution is 7.98. The second-order valence-corrected chi connectivity index (χ2v) is 7.82. The van der Waals surface area contributed by atoms with Gasteiger partial charge in [0.25, 0.3) is 5.91 Å². The summed E-state index contributed by atoms with van der Waals surface area (Å²) in [5.41, 5.74) is 0.625. The van der Waals surface area contributed by atoms with Crippen LogP contribution in [0.5, 0.6) is 11.5 Å². The molecule has 1 heterocycles. The van der Waals surface area contributed by atoms with Crippen molar-refractivity contribution in [2.24, 2.45) is 0 Å². The van der Waals surface area contributed by atoms with Gasteiger partial charge in [-0.25, -0.2) is 0 Å². The number of carbonyl (C=O) groups is 1. The molecule has 5 nitrogen and oxygen atoms in total. The second kappa shape index (κ2) is 10.0. The Bertz CT molecular complexity index is 793. The number of hydrogen-bond acceptors (Lipinski definition) is 5. The molecule has 0 unspecified atom stereocenters. The minimum atomic E-state index is 0.0292. The summed E-state index contributed by atoms with van der Waals surface area (Å²) in [4.78, 5) is 18.2. The first kappa shape index (κ1) is 20.8. The SMILES string of the molecule is COc1cc(SC)ccc1C(=O)N1CCN(CCOc2ccc(Cl)cc2)CC1. The molecule has 1 saturated heterocycles. The van der Waals surface area contributed by atoms with Crippen LogP contribution in [0.4, 0.5) is 0 Å². The second-order valence-electron chi connectivity index (χ2n) is 6.50. The molecule has 0 radical (unpaired) electrons. The van der Waals surface area contributed by atoms with Gasteiger partial charge in [0.15, 0.2) is 0 Å². The van der Waals surface area contributed by atoms with Gasteiger partial charge in [0, 0.05) is 42.6 Å². The summed E-state index contributed by atoms with van der Waals surface area (Å²) >= 11 is 7.51. The van der Waals surface area contributed by atoms with E-state index in [0.717, 1.165) is 30.3 Å². The lowest BCUT2D eigenvalue weighted by Crippen LogP contribution is -2.49. The van der Waals surface area contributed by atoms with Crippen molar-refractivity contribution in [2.45, 2.75) is 4.90 Å². The third-order valence-corrected chi connectivity index (χ3v) is 5.77. The van der Waals surface area contributed by atoms with Crippen LogP contribution in [-0.2, 0) is 0 Å². The zero-order valence-corrected chi connectivity index (χ0v) is 17.8. The van der Waals surface area contributed by atoms with E-state index in [2.05, 4.69) is 4.90 Å². The monoisotopic (exact) mass is 420 g/mol. The van der Waals surface area contributed by atoms with Crippen LogP contribution in [0.2, 0.25) is 5.02 Å². The Kier molecular flexibility index (Phi) is 7.48. The van der Waals surface area contributed by atoms with E-state index in [4.69, 9.17) is 21.1 Å². The molecule has 0 atom stereocenters. The number of ether oxygens (including phenoxy) is 2. The fraction of sp³-hybridized carbons (Fsp3) is 0.381. The highest BCUT2D eigenvalue weighted by atomic mass is 35.5. The highest BCUT2D eigenvalue weighted by Crippen LogP contribution is 2.26. The Morgan fingerprint density at radius 1 is 1.11 bits per heavy atom. The number of piperazine rings is 1. The third-order valence-electron chi connectivity index (χ3n) is 4.79. The average Bonchev–Trinajstić information content (AvgIpc) is 2.74. The molecule has 1 amide bonds. The van der Waals surface area contributed by atoms with Crippen LogP contribution in [0.1, 0.15) is 10.4 Å². The Hall–Kier alpha value is -1.89. The molecule has 28 heavy (non-hydrogen) atoms. The van der Waals surface area contributed by atoms with Crippen LogP contribution >= 0.6 is 23.4 Å². The largest absolute Gasteiger partial charge is 0.496 e. The van der Waals surface area contributed by atoms with Crippen molar-refractivity contribution in [3.8, 4) is 11.5 Å². The normalized spacial score (nSPS) is 14.8. The van der Waals surface area contributed by atoms with Crippen LogP contribution in [0, 0.1) is 0 Å². The predicted molar refractivity (Wildman–Crippen MR) is 114 cm³/mol. The van der Waals surface area contributed by atoms with Gasteiger partial charge in [-0.1, -0.05) is 11.6 Å². The van der Waals surface area contributed by atoms with Crippen molar-refractivity contribution in [3.63, 3.8) is 0 Å². The lowest BCUT2D eigenvalue weighted by molar-refractivity contribution is 0.0617. The first-order chi connectivity index (χ1) is 13.6. The van der Waals surface area contributed by atoms with Gasteiger partial charge in [-0.15, -0.1) is 11.8 Å². The summed E-state index contributed by atoms with van der Waals surface area (Å²) in [6, 6.07) is 13.1. The summed E-state index contributed by atoms with van der Waals surface area (Å²) in [5.74, 6) is 1.48. The molecule has 0 spiro atoms. The topological polar surface area (TPSA) is 42.0 Å². The molecule has 3 rings (SSSR count). The van der Waals surface area contributed by atoms with E-state index in [1.54, 1.807) is 18.9 Å². The van der Waals surface area contributed by atoms with E-state index < -0.39 is 0 Å². The van der Waals surface area contributed by atoms with Crippen LogP contribution in [0.25, 0.3) is 0 Å². The van der Waals surface area contributed by atoms with Gasteiger partial charge in [0.2, 0.25) is 0 Å². The highest BCUT2D eigenvalue weighted by Gasteiger charge is 2.24. The summed E-state index contributed by atoms with van der Waals surface area (Å²) in [7, 11) is 1.61. The smallest absolute Gasteiger partial charge is 0.257 e. The average molecular weight is 421 g/mol. The number of rotatable bonds is 7. The summed E-state index contributed by atoms with van der Waals surface area (Å²) < 4.78 is 11.2. The quantitative estimate of drug-likeness (QED) is 0.635. The minimum absolute atomic E-state index is 0.0292. The van der Waals surface area contributed by atoms with E-state index in [1.165, 1.54) is 0 Å². The van der Waals surface area contributed by atoms with Crippen molar-refractivity contribution in [2.75, 3.05) is 52.7 Å². The van der Waals surface area contributed by atoms with Crippen LogP contribution in [0.15, 0.2) is 47.4 Å². The fourth-order valence-corrected chi connectivity index (χ4v) is 3.70. The molecule has 150 valence electrons. The molecule has 0 saturated carbocycles. The maximum Gasteiger partial charge on any atom is 0.257 e. The Morgan fingerprint density at radius 3 is 2.46 bits per heavy atom. The first-order valence-corrected chi connectivity index (χ1v) is 10.8. The maximum atomic E-state index is 12.9. The van der Waals surface area contributed by atoms with Gasteiger partial charge in [0.1, 0.15) is 18.1 Å². The molecule has 0 N–H and O–H groups in total. The molecule has 0 bridgehead atoms. The number of methoxy groups -OCH3 is 1. The van der Waals surface area contributed by atoms with Crippen LogP contribution in [-0.4, -0.2) is 68.4 Å². The standard InChI is InChI=1S/C21H25ClN2O3S/c1-26-20-15-18(28-2)7-8-19(20)21(25)24-11-9-23(10-12-24)13-14-27-17-5-3-16(22)4-6-17/h3-8,15H,9-14H2,1-2H3. The van der Waals surface area contributed by atoms with E-state index in [9.17, 15) is 4.79 Å². The number of thioether (sulfide) groups is 1. The van der Waals surface area contributed by atoms with Crippen LogP contribution in [0.3, 0.4) is 0 Å². The Balaban J connectivity index is 1.48. The predicted octanol–water partition coefficient (Wildman–Crippen LogP) is 3.91. The molecule has 2 aromatic rings. The van der Waals surface area contributed by atoms with Crippen molar-refractivity contribution >= 4 is 29.3 Å². The summed E-state index contributed by atoms with van der Waals surface area (Å²) in [6.07, 6.45) is 2.01. The summed E-state index contributed by atoms with van der Waals surface area (Å²) in [5, 5.41) is 0.702. The third kappa shape index (κ3) is 5.34. The Labute approximate surface area is 175 Å². The van der Waals surface area contributed by atoms with Crippen molar-refractivity contribution in [1.29, 1.82) is 0 Å². The number of amides is 1. The fourth-order valence-electron chi connectivity index (χ4n) is 3.14. The zero-order valence-electron chi connectivity index (χ0n) is 16.2. The van der Waals surface area contributed by atoms with Gasteiger partial charge >= 0.3 is 0 Å². The molecule has 1 aliphatic heterocycles. The van der Waals surface area contributed by atoms with E-state index in [0.29, 0.717) is 36.0 Å². The number of hydrogen-bond donors (Lipinski definition) is 0. The van der Waals surface area contributed by atoms with Gasteiger partial charge in [-0.2, -0.15) is 0 Å². The number of nitrogens with zero attached hydrogens (tertiary/aromatic N) is 2. The molecule has 2 aromatic carbocycles. The molecular weight excluding hydrogens is 396 g/mol. The lowest BCUT2D eigenvalue weighted by atomic mass is 10.1. The van der Waals surface area contributed by atoms with Gasteiger partial charge in [0.05, 0.1) is 12.7 Å². The van der Waals surface area contributed by atoms with Crippen molar-refractivity contribution in [3.05, 3.63) is 53.1 Å². The van der Waals surface area contributed by atoms with Crippen LogP contribution < -0.4 is 9.47 Å². The molecular formula is C21H25ClN2O3S. The molecule has 0 aromatic heterocycles. The van der Waals surface area contributed by atoms with E-state index in [-0.39, 0.29) is 5.91 Å². The van der Waals surface area contributed by atoms with Gasteiger partial charge in [-0.3, -0.25) is 9.69 Å². The molecule has 7 heteroatoms. The molecule has 1 aliphatic rings. The summed E-state index contributed by atoms with van der Waals surface area (Å²) in [6.45, 7) is 4.51. The molecule has 1 fully saturated rings. The van der Waals surface area contributed by atoms with Gasteiger partial charge < -0.3 is 14.4 Å². The maximum absolute atomic E-state index is 12.9. The first-order valence-electron chi connectivity index (χ1n) is 9.22. The number of carbonyl (C=O) groups excluding carboxylic acids is 1.